The van der Waals surface area contributed by atoms with Gasteiger partial charge in [-0.25, -0.2) is 0 Å². The third-order valence-electron chi connectivity index (χ3n) is 4.50. The van der Waals surface area contributed by atoms with E-state index in [9.17, 15) is 14.7 Å². The number of benzene rings is 2. The molecule has 3 rings (SSSR count). The highest BCUT2D eigenvalue weighted by Gasteiger charge is 2.35. The minimum Gasteiger partial charge on any atom is -0.391 e. The molecule has 2 atom stereocenters. The summed E-state index contributed by atoms with van der Waals surface area (Å²) in [6.07, 6.45) is 0.404. The van der Waals surface area contributed by atoms with E-state index in [1.807, 2.05) is 42.5 Å². The number of ketones is 1. The standard InChI is InChI=1S/C20H20BrNO3/c21-16-8-6-15(7-9-16)19(24)12-17-11-18(23)13-22(17)20(25)10-14-4-2-1-3-5-14/h1-9,17-18,23H,10-13H2/t17-,18-/m1/s1. The number of carbonyl (C=O) groups is 2. The molecule has 2 aromatic carbocycles. The van der Waals surface area contributed by atoms with Crippen LogP contribution in [-0.2, 0) is 11.2 Å². The van der Waals surface area contributed by atoms with E-state index in [4.69, 9.17) is 0 Å². The van der Waals surface area contributed by atoms with Crippen LogP contribution < -0.4 is 0 Å². The van der Waals surface area contributed by atoms with Crippen LogP contribution in [0.1, 0.15) is 28.8 Å². The molecule has 1 N–H and O–H groups in total. The molecule has 1 fully saturated rings. The quantitative estimate of drug-likeness (QED) is 0.782. The number of nitrogens with zero attached hydrogens (tertiary/aromatic N) is 1. The van der Waals surface area contributed by atoms with Gasteiger partial charge in [0.1, 0.15) is 0 Å². The monoisotopic (exact) mass is 401 g/mol. The van der Waals surface area contributed by atoms with E-state index in [0.29, 0.717) is 18.5 Å². The van der Waals surface area contributed by atoms with Crippen LogP contribution in [-0.4, -0.2) is 40.4 Å². The molecule has 2 aromatic rings. The Hall–Kier alpha value is -1.98. The van der Waals surface area contributed by atoms with Crippen molar-refractivity contribution in [2.75, 3.05) is 6.54 Å². The maximum atomic E-state index is 12.6. The largest absolute Gasteiger partial charge is 0.391 e. The number of likely N-dealkylation sites (tertiary alicyclic amines) is 1. The van der Waals surface area contributed by atoms with Gasteiger partial charge in [0, 0.05) is 29.0 Å². The van der Waals surface area contributed by atoms with Crippen LogP contribution >= 0.6 is 15.9 Å². The van der Waals surface area contributed by atoms with Gasteiger partial charge in [0.15, 0.2) is 5.78 Å². The predicted octanol–water partition coefficient (Wildman–Crippen LogP) is 3.23. The Balaban J connectivity index is 1.67. The van der Waals surface area contributed by atoms with Gasteiger partial charge < -0.3 is 10.0 Å². The SMILES string of the molecule is O=C(C[C@H]1C[C@@H](O)CN1C(=O)Cc1ccccc1)c1ccc(Br)cc1. The minimum absolute atomic E-state index is 0.0101. The Morgan fingerprint density at radius 2 is 1.76 bits per heavy atom. The molecule has 0 unspecified atom stereocenters. The second-order valence-electron chi connectivity index (χ2n) is 6.39. The molecule has 1 amide bonds. The molecule has 25 heavy (non-hydrogen) atoms. The van der Waals surface area contributed by atoms with Gasteiger partial charge in [0.05, 0.1) is 12.5 Å². The zero-order valence-corrected chi connectivity index (χ0v) is 15.4. The molecule has 5 heteroatoms. The van der Waals surface area contributed by atoms with Gasteiger partial charge in [0.2, 0.25) is 5.91 Å². The van der Waals surface area contributed by atoms with Gasteiger partial charge in [-0.3, -0.25) is 9.59 Å². The first-order chi connectivity index (χ1) is 12.0. The molecule has 0 bridgehead atoms. The van der Waals surface area contributed by atoms with Crippen LogP contribution in [0.15, 0.2) is 59.1 Å². The highest BCUT2D eigenvalue weighted by molar-refractivity contribution is 9.10. The lowest BCUT2D eigenvalue weighted by atomic mass is 10.0. The van der Waals surface area contributed by atoms with E-state index in [-0.39, 0.29) is 30.6 Å². The molecular formula is C20H20BrNO3. The van der Waals surface area contributed by atoms with Crippen molar-refractivity contribution in [3.8, 4) is 0 Å². The van der Waals surface area contributed by atoms with Crippen molar-refractivity contribution < 1.29 is 14.7 Å². The Kier molecular flexibility index (Phi) is 5.66. The summed E-state index contributed by atoms with van der Waals surface area (Å²) in [5.41, 5.74) is 1.56. The number of hydrogen-bond acceptors (Lipinski definition) is 3. The van der Waals surface area contributed by atoms with E-state index < -0.39 is 6.10 Å². The number of rotatable bonds is 5. The Morgan fingerprint density at radius 3 is 2.44 bits per heavy atom. The number of halogens is 1. The van der Waals surface area contributed by atoms with Gasteiger partial charge >= 0.3 is 0 Å². The summed E-state index contributed by atoms with van der Waals surface area (Å²) in [7, 11) is 0. The average molecular weight is 402 g/mol. The Labute approximate surface area is 155 Å². The number of carbonyl (C=O) groups excluding carboxylic acids is 2. The van der Waals surface area contributed by atoms with Crippen LogP contribution in [0.2, 0.25) is 0 Å². The molecule has 4 nitrogen and oxygen atoms in total. The Bertz CT molecular complexity index is 745. The molecule has 0 radical (unpaired) electrons. The zero-order chi connectivity index (χ0) is 17.8. The summed E-state index contributed by atoms with van der Waals surface area (Å²) in [4.78, 5) is 26.8. The van der Waals surface area contributed by atoms with Crippen molar-refractivity contribution in [3.05, 3.63) is 70.2 Å². The summed E-state index contributed by atoms with van der Waals surface area (Å²) < 4.78 is 0.917. The molecule has 1 saturated heterocycles. The van der Waals surface area contributed by atoms with E-state index >= 15 is 0 Å². The van der Waals surface area contributed by atoms with Crippen molar-refractivity contribution in [2.24, 2.45) is 0 Å². The lowest BCUT2D eigenvalue weighted by Crippen LogP contribution is -2.38. The van der Waals surface area contributed by atoms with Crippen LogP contribution in [0.3, 0.4) is 0 Å². The molecule has 1 heterocycles. The second-order valence-corrected chi connectivity index (χ2v) is 7.30. The Morgan fingerprint density at radius 1 is 1.08 bits per heavy atom. The highest BCUT2D eigenvalue weighted by Crippen LogP contribution is 2.24. The van der Waals surface area contributed by atoms with E-state index in [1.165, 1.54) is 0 Å². The second kappa shape index (κ2) is 7.93. The van der Waals surface area contributed by atoms with Gasteiger partial charge in [-0.05, 0) is 24.1 Å². The summed E-state index contributed by atoms with van der Waals surface area (Å²) in [5.74, 6) is -0.0551. The van der Waals surface area contributed by atoms with Gasteiger partial charge in [-0.1, -0.05) is 58.4 Å². The van der Waals surface area contributed by atoms with Crippen molar-refractivity contribution in [1.29, 1.82) is 0 Å². The predicted molar refractivity (Wildman–Crippen MR) is 99.4 cm³/mol. The number of Topliss-reactive ketones (excluding diaryl/α,β-unsaturated/α-hetero) is 1. The molecule has 1 aliphatic heterocycles. The lowest BCUT2D eigenvalue weighted by molar-refractivity contribution is -0.131. The third-order valence-corrected chi connectivity index (χ3v) is 5.03. The smallest absolute Gasteiger partial charge is 0.227 e. The van der Waals surface area contributed by atoms with Crippen molar-refractivity contribution in [3.63, 3.8) is 0 Å². The lowest BCUT2D eigenvalue weighted by Gasteiger charge is -2.24. The fraction of sp³-hybridized carbons (Fsp3) is 0.300. The normalized spacial score (nSPS) is 19.8. The number of aliphatic hydroxyl groups excluding tert-OH is 1. The fourth-order valence-corrected chi connectivity index (χ4v) is 3.49. The van der Waals surface area contributed by atoms with Crippen LogP contribution in [0.25, 0.3) is 0 Å². The van der Waals surface area contributed by atoms with Crippen molar-refractivity contribution in [2.45, 2.75) is 31.4 Å². The first-order valence-electron chi connectivity index (χ1n) is 8.33. The number of β-amino-alcohol motifs (C(OH)–C–C–N with tert-alkyl or cyclic N) is 1. The molecule has 0 aliphatic carbocycles. The van der Waals surface area contributed by atoms with E-state index in [1.54, 1.807) is 17.0 Å². The van der Waals surface area contributed by atoms with E-state index in [2.05, 4.69) is 15.9 Å². The van der Waals surface area contributed by atoms with Gasteiger partial charge in [-0.15, -0.1) is 0 Å². The number of amides is 1. The zero-order valence-electron chi connectivity index (χ0n) is 13.8. The minimum atomic E-state index is -0.567. The topological polar surface area (TPSA) is 57.6 Å². The van der Waals surface area contributed by atoms with Crippen LogP contribution in [0.4, 0.5) is 0 Å². The first kappa shape index (κ1) is 17.8. The summed E-state index contributed by atoms with van der Waals surface area (Å²) >= 11 is 3.35. The molecule has 130 valence electrons. The number of hydrogen-bond donors (Lipinski definition) is 1. The molecule has 0 saturated carbocycles. The first-order valence-corrected chi connectivity index (χ1v) is 9.12. The highest BCUT2D eigenvalue weighted by atomic mass is 79.9. The summed E-state index contributed by atoms with van der Waals surface area (Å²) in [6, 6.07) is 16.5. The van der Waals surface area contributed by atoms with Gasteiger partial charge in [-0.2, -0.15) is 0 Å². The summed E-state index contributed by atoms with van der Waals surface area (Å²) in [6.45, 7) is 0.296. The van der Waals surface area contributed by atoms with Crippen molar-refractivity contribution >= 4 is 27.6 Å². The fourth-order valence-electron chi connectivity index (χ4n) is 3.23. The number of aliphatic hydroxyl groups is 1. The molecule has 0 spiro atoms. The van der Waals surface area contributed by atoms with Crippen LogP contribution in [0, 0.1) is 0 Å². The molecular weight excluding hydrogens is 382 g/mol. The van der Waals surface area contributed by atoms with E-state index in [0.717, 1.165) is 10.0 Å². The average Bonchev–Trinajstić information content (AvgIpc) is 2.97. The summed E-state index contributed by atoms with van der Waals surface area (Å²) in [5, 5.41) is 9.99. The maximum absolute atomic E-state index is 12.6. The van der Waals surface area contributed by atoms with Crippen molar-refractivity contribution in [1.82, 2.24) is 4.90 Å². The molecule has 1 aliphatic rings. The third kappa shape index (κ3) is 4.55. The van der Waals surface area contributed by atoms with Gasteiger partial charge in [0.25, 0.3) is 0 Å². The van der Waals surface area contributed by atoms with Crippen LogP contribution in [0.5, 0.6) is 0 Å². The maximum Gasteiger partial charge on any atom is 0.227 e. The molecule has 0 aromatic heterocycles.